The highest BCUT2D eigenvalue weighted by atomic mass is 16.4. The van der Waals surface area contributed by atoms with E-state index in [0.717, 1.165) is 0 Å². The molecule has 0 radical (unpaired) electrons. The fourth-order valence-corrected chi connectivity index (χ4v) is 5.23. The maximum Gasteiger partial charge on any atom is 0.303 e. The Kier molecular flexibility index (Phi) is 11.1. The maximum absolute atomic E-state index is 13.3. The van der Waals surface area contributed by atoms with E-state index in [4.69, 9.17) is 5.11 Å². The first-order valence-corrected chi connectivity index (χ1v) is 13.1. The SMILES string of the molecule is CCC[C@@H](C(=O)N[C@H]1CC(C)N([C@@H](C)C(=O)NCC)C1)N1CC(C)[C@H](NC(=O)CCCC(=O)O)C1=O. The molecular weight excluding hydrogens is 466 g/mol. The summed E-state index contributed by atoms with van der Waals surface area (Å²) in [6.45, 7) is 11.1. The molecule has 36 heavy (non-hydrogen) atoms. The molecule has 2 rings (SSSR count). The number of nitrogens with one attached hydrogen (secondary N) is 3. The summed E-state index contributed by atoms with van der Waals surface area (Å²) in [5.41, 5.74) is 0. The van der Waals surface area contributed by atoms with Crippen LogP contribution in [-0.2, 0) is 24.0 Å². The number of amides is 4. The standard InChI is InChI=1S/C25H43N5O6/c1-6-9-19(24(35)27-18-12-16(4)29(14-18)17(5)23(34)26-7-2)30-13-15(3)22(25(30)36)28-20(31)10-8-11-21(32)33/h15-19,22H,6-14H2,1-5H3,(H,26,34)(H,27,35)(H,28,31)(H,32,33)/t15?,16?,17-,18-,19-,22-/m0/s1. The molecule has 204 valence electrons. The average Bonchev–Trinajstić information content (AvgIpc) is 3.30. The third kappa shape index (κ3) is 7.65. The zero-order chi connectivity index (χ0) is 27.0. The van der Waals surface area contributed by atoms with Crippen molar-refractivity contribution in [3.63, 3.8) is 0 Å². The van der Waals surface area contributed by atoms with Crippen LogP contribution in [0.5, 0.6) is 0 Å². The van der Waals surface area contributed by atoms with E-state index in [-0.39, 0.29) is 66.9 Å². The first-order valence-electron chi connectivity index (χ1n) is 13.1. The van der Waals surface area contributed by atoms with E-state index in [2.05, 4.69) is 20.9 Å². The van der Waals surface area contributed by atoms with Crippen molar-refractivity contribution in [2.45, 2.75) is 103 Å². The summed E-state index contributed by atoms with van der Waals surface area (Å²) in [5, 5.41) is 17.4. The first-order chi connectivity index (χ1) is 17.0. The summed E-state index contributed by atoms with van der Waals surface area (Å²) in [6, 6.07) is -1.65. The van der Waals surface area contributed by atoms with E-state index >= 15 is 0 Å². The van der Waals surface area contributed by atoms with Crippen molar-refractivity contribution in [2.24, 2.45) is 5.92 Å². The molecule has 11 nitrogen and oxygen atoms in total. The van der Waals surface area contributed by atoms with Gasteiger partial charge < -0.3 is 26.0 Å². The Morgan fingerprint density at radius 1 is 1.06 bits per heavy atom. The van der Waals surface area contributed by atoms with E-state index in [0.29, 0.717) is 38.9 Å². The zero-order valence-electron chi connectivity index (χ0n) is 22.2. The monoisotopic (exact) mass is 509 g/mol. The second-order valence-corrected chi connectivity index (χ2v) is 10.1. The van der Waals surface area contributed by atoms with Crippen LogP contribution in [0.3, 0.4) is 0 Å². The third-order valence-electron chi connectivity index (χ3n) is 7.15. The fourth-order valence-electron chi connectivity index (χ4n) is 5.23. The van der Waals surface area contributed by atoms with E-state index < -0.39 is 18.1 Å². The van der Waals surface area contributed by atoms with Gasteiger partial charge in [0.2, 0.25) is 23.6 Å². The molecule has 0 aliphatic carbocycles. The van der Waals surface area contributed by atoms with Crippen molar-refractivity contribution in [3.05, 3.63) is 0 Å². The minimum absolute atomic E-state index is 0.0344. The van der Waals surface area contributed by atoms with E-state index in [1.165, 1.54) is 0 Å². The van der Waals surface area contributed by atoms with Gasteiger partial charge >= 0.3 is 5.97 Å². The molecule has 2 aliphatic heterocycles. The van der Waals surface area contributed by atoms with Gasteiger partial charge in [-0.25, -0.2) is 0 Å². The van der Waals surface area contributed by atoms with E-state index in [1.807, 2.05) is 34.6 Å². The summed E-state index contributed by atoms with van der Waals surface area (Å²) in [5.74, 6) is -2.03. The Labute approximate surface area is 213 Å². The van der Waals surface area contributed by atoms with Crippen molar-refractivity contribution in [1.29, 1.82) is 0 Å². The summed E-state index contributed by atoms with van der Waals surface area (Å²) < 4.78 is 0. The molecule has 0 aromatic carbocycles. The Hall–Kier alpha value is -2.69. The second-order valence-electron chi connectivity index (χ2n) is 10.1. The number of carbonyl (C=O) groups excluding carboxylic acids is 4. The van der Waals surface area contributed by atoms with Crippen LogP contribution in [0.15, 0.2) is 0 Å². The molecule has 2 fully saturated rings. The minimum Gasteiger partial charge on any atom is -0.481 e. The smallest absolute Gasteiger partial charge is 0.303 e. The lowest BCUT2D eigenvalue weighted by Crippen LogP contribution is -2.53. The molecule has 0 spiro atoms. The van der Waals surface area contributed by atoms with Gasteiger partial charge in [0.15, 0.2) is 0 Å². The maximum atomic E-state index is 13.3. The van der Waals surface area contributed by atoms with Gasteiger partial charge in [0.1, 0.15) is 12.1 Å². The number of likely N-dealkylation sites (N-methyl/N-ethyl adjacent to an activating group) is 1. The van der Waals surface area contributed by atoms with Crippen molar-refractivity contribution in [3.8, 4) is 0 Å². The molecule has 2 aliphatic rings. The van der Waals surface area contributed by atoms with Gasteiger partial charge in [0.25, 0.3) is 0 Å². The molecule has 0 aromatic heterocycles. The summed E-state index contributed by atoms with van der Waals surface area (Å²) in [6.07, 6.45) is 2.07. The van der Waals surface area contributed by atoms with Crippen LogP contribution in [0.1, 0.15) is 73.1 Å². The van der Waals surface area contributed by atoms with E-state index in [9.17, 15) is 24.0 Å². The fraction of sp³-hybridized carbons (Fsp3) is 0.800. The van der Waals surface area contributed by atoms with Crippen LogP contribution in [0, 0.1) is 5.92 Å². The highest BCUT2D eigenvalue weighted by Gasteiger charge is 2.44. The summed E-state index contributed by atoms with van der Waals surface area (Å²) >= 11 is 0. The lowest BCUT2D eigenvalue weighted by molar-refractivity contribution is -0.140. The third-order valence-corrected chi connectivity index (χ3v) is 7.15. The predicted molar refractivity (Wildman–Crippen MR) is 134 cm³/mol. The van der Waals surface area contributed by atoms with Crippen LogP contribution < -0.4 is 16.0 Å². The Bertz CT molecular complexity index is 821. The Morgan fingerprint density at radius 2 is 1.75 bits per heavy atom. The molecule has 2 saturated heterocycles. The molecule has 4 amide bonds. The number of rotatable bonds is 13. The van der Waals surface area contributed by atoms with Crippen molar-refractivity contribution in [2.75, 3.05) is 19.6 Å². The molecule has 11 heteroatoms. The van der Waals surface area contributed by atoms with Crippen LogP contribution in [0.2, 0.25) is 0 Å². The van der Waals surface area contributed by atoms with Gasteiger partial charge in [-0.15, -0.1) is 0 Å². The number of nitrogens with zero attached hydrogens (tertiary/aromatic N) is 2. The van der Waals surface area contributed by atoms with E-state index in [1.54, 1.807) is 4.90 Å². The molecular formula is C25H43N5O6. The van der Waals surface area contributed by atoms with Gasteiger partial charge in [-0.05, 0) is 40.0 Å². The van der Waals surface area contributed by atoms with Crippen LogP contribution in [-0.4, -0.2) is 94.3 Å². The topological polar surface area (TPSA) is 148 Å². The molecule has 2 heterocycles. The number of carboxylic acid groups (broad SMARTS) is 1. The van der Waals surface area contributed by atoms with Crippen LogP contribution >= 0.6 is 0 Å². The molecule has 0 aromatic rings. The average molecular weight is 510 g/mol. The highest BCUT2D eigenvalue weighted by Crippen LogP contribution is 2.25. The Balaban J connectivity index is 2.00. The molecule has 0 bridgehead atoms. The number of carbonyl (C=O) groups is 5. The Morgan fingerprint density at radius 3 is 2.36 bits per heavy atom. The highest BCUT2D eigenvalue weighted by molar-refractivity contribution is 5.94. The minimum atomic E-state index is -0.967. The number of hydrogen-bond acceptors (Lipinski definition) is 6. The molecule has 6 atom stereocenters. The summed E-state index contributed by atoms with van der Waals surface area (Å²) in [4.78, 5) is 65.4. The van der Waals surface area contributed by atoms with Crippen molar-refractivity contribution >= 4 is 29.6 Å². The number of hydrogen-bond donors (Lipinski definition) is 4. The van der Waals surface area contributed by atoms with Gasteiger partial charge in [0, 0.05) is 50.5 Å². The predicted octanol–water partition coefficient (Wildman–Crippen LogP) is 0.477. The van der Waals surface area contributed by atoms with Gasteiger partial charge in [-0.3, -0.25) is 28.9 Å². The van der Waals surface area contributed by atoms with Gasteiger partial charge in [-0.1, -0.05) is 20.3 Å². The molecule has 2 unspecified atom stereocenters. The largest absolute Gasteiger partial charge is 0.481 e. The number of likely N-dealkylation sites (tertiary alicyclic amines) is 2. The number of carboxylic acids is 1. The van der Waals surface area contributed by atoms with Crippen molar-refractivity contribution in [1.82, 2.24) is 25.8 Å². The number of aliphatic carboxylic acids is 1. The van der Waals surface area contributed by atoms with Gasteiger partial charge in [0.05, 0.1) is 6.04 Å². The van der Waals surface area contributed by atoms with Gasteiger partial charge in [-0.2, -0.15) is 0 Å². The lowest BCUT2D eigenvalue weighted by atomic mass is 10.1. The second kappa shape index (κ2) is 13.6. The van der Waals surface area contributed by atoms with Crippen LogP contribution in [0.25, 0.3) is 0 Å². The van der Waals surface area contributed by atoms with Crippen molar-refractivity contribution < 1.29 is 29.1 Å². The normalized spacial score (nSPS) is 25.9. The summed E-state index contributed by atoms with van der Waals surface area (Å²) in [7, 11) is 0. The molecule has 4 N–H and O–H groups in total. The van der Waals surface area contributed by atoms with Crippen LogP contribution in [0.4, 0.5) is 0 Å². The quantitative estimate of drug-likeness (QED) is 0.282. The lowest BCUT2D eigenvalue weighted by Gasteiger charge is -2.29. The molecule has 0 saturated carbocycles. The first kappa shape index (κ1) is 29.5. The zero-order valence-corrected chi connectivity index (χ0v) is 22.2.